The van der Waals surface area contributed by atoms with Gasteiger partial charge in [-0.1, -0.05) is 0 Å². The van der Waals surface area contributed by atoms with Gasteiger partial charge in [0.15, 0.2) is 5.78 Å². The molecule has 0 saturated carbocycles. The lowest BCUT2D eigenvalue weighted by Crippen LogP contribution is -1.94. The van der Waals surface area contributed by atoms with Gasteiger partial charge < -0.3 is 4.74 Å². The van der Waals surface area contributed by atoms with E-state index in [4.69, 9.17) is 4.74 Å². The van der Waals surface area contributed by atoms with Crippen LogP contribution in [0, 0.1) is 10.1 Å². The number of nitro groups is 1. The van der Waals surface area contributed by atoms with E-state index < -0.39 is 4.92 Å². The van der Waals surface area contributed by atoms with E-state index in [9.17, 15) is 14.9 Å². The molecule has 0 heterocycles. The van der Waals surface area contributed by atoms with Crippen LogP contribution in [0.15, 0.2) is 36.1 Å². The summed E-state index contributed by atoms with van der Waals surface area (Å²) < 4.78 is 5.28. The average Bonchev–Trinajstić information content (AvgIpc) is 2.16. The van der Waals surface area contributed by atoms with Crippen molar-refractivity contribution in [2.24, 2.45) is 0 Å². The number of non-ortho nitro benzene ring substituents is 1. The molecule has 5 nitrogen and oxygen atoms in total. The van der Waals surface area contributed by atoms with E-state index in [2.05, 4.69) is 0 Å². The molecule has 0 bridgehead atoms. The highest BCUT2D eigenvalue weighted by atomic mass is 16.6. The molecule has 5 heteroatoms. The standard InChI is InChI=1S/C11H11NO4/c1-8(13)7-9(2)16-11-5-3-10(4-6-11)12(14)15/h3-7H,1-2H3/b9-7+. The van der Waals surface area contributed by atoms with Crippen molar-refractivity contribution in [2.45, 2.75) is 13.8 Å². The Morgan fingerprint density at radius 1 is 1.31 bits per heavy atom. The lowest BCUT2D eigenvalue weighted by molar-refractivity contribution is -0.384. The fraction of sp³-hybridized carbons (Fsp3) is 0.182. The molecule has 0 N–H and O–H groups in total. The fourth-order valence-electron chi connectivity index (χ4n) is 1.14. The fourth-order valence-corrected chi connectivity index (χ4v) is 1.14. The molecule has 0 unspecified atom stereocenters. The first kappa shape index (κ1) is 11.9. The third-order valence-corrected chi connectivity index (χ3v) is 1.73. The number of allylic oxidation sites excluding steroid dienone is 2. The minimum absolute atomic E-state index is 0.000510. The Morgan fingerprint density at radius 2 is 1.88 bits per heavy atom. The highest BCUT2D eigenvalue weighted by molar-refractivity contribution is 5.87. The Bertz CT molecular complexity index is 434. The second kappa shape index (κ2) is 5.06. The van der Waals surface area contributed by atoms with Crippen molar-refractivity contribution in [1.29, 1.82) is 0 Å². The van der Waals surface area contributed by atoms with E-state index in [1.54, 1.807) is 6.92 Å². The van der Waals surface area contributed by atoms with Crippen molar-refractivity contribution in [3.63, 3.8) is 0 Å². The van der Waals surface area contributed by atoms with Gasteiger partial charge >= 0.3 is 0 Å². The van der Waals surface area contributed by atoms with Crippen LogP contribution in [0.25, 0.3) is 0 Å². The molecule has 1 aromatic carbocycles. The van der Waals surface area contributed by atoms with Gasteiger partial charge in [0.1, 0.15) is 11.5 Å². The first-order chi connectivity index (χ1) is 7.49. The van der Waals surface area contributed by atoms with Gasteiger partial charge in [-0.05, 0) is 26.0 Å². The largest absolute Gasteiger partial charge is 0.462 e. The first-order valence-corrected chi connectivity index (χ1v) is 4.60. The number of rotatable bonds is 4. The summed E-state index contributed by atoms with van der Waals surface area (Å²) in [6.07, 6.45) is 1.35. The number of carbonyl (C=O) groups excluding carboxylic acids is 1. The van der Waals surface area contributed by atoms with Crippen LogP contribution in [0.2, 0.25) is 0 Å². The van der Waals surface area contributed by atoms with Crippen molar-refractivity contribution >= 4 is 11.5 Å². The second-order valence-electron chi connectivity index (χ2n) is 3.22. The molecular formula is C11H11NO4. The highest BCUT2D eigenvalue weighted by Gasteiger charge is 2.04. The quantitative estimate of drug-likeness (QED) is 0.339. The number of carbonyl (C=O) groups is 1. The molecule has 0 aromatic heterocycles. The smallest absolute Gasteiger partial charge is 0.269 e. The topological polar surface area (TPSA) is 69.4 Å². The Kier molecular flexibility index (Phi) is 3.77. The monoisotopic (exact) mass is 221 g/mol. The van der Waals surface area contributed by atoms with Crippen LogP contribution in [-0.4, -0.2) is 10.7 Å². The van der Waals surface area contributed by atoms with Gasteiger partial charge in [0, 0.05) is 18.2 Å². The van der Waals surface area contributed by atoms with Crippen molar-refractivity contribution in [1.82, 2.24) is 0 Å². The summed E-state index contributed by atoms with van der Waals surface area (Å²) in [7, 11) is 0. The van der Waals surface area contributed by atoms with E-state index in [-0.39, 0.29) is 11.5 Å². The van der Waals surface area contributed by atoms with Gasteiger partial charge in [0.25, 0.3) is 5.69 Å². The van der Waals surface area contributed by atoms with Gasteiger partial charge in [0.05, 0.1) is 4.92 Å². The molecule has 0 fully saturated rings. The molecule has 1 aromatic rings. The zero-order valence-electron chi connectivity index (χ0n) is 8.97. The molecule has 0 atom stereocenters. The summed E-state index contributed by atoms with van der Waals surface area (Å²) >= 11 is 0. The minimum Gasteiger partial charge on any atom is -0.462 e. The Hall–Kier alpha value is -2.17. The summed E-state index contributed by atoms with van der Waals surface area (Å²) in [5, 5.41) is 10.4. The molecular weight excluding hydrogens is 210 g/mol. The summed E-state index contributed by atoms with van der Waals surface area (Å²) in [6.45, 7) is 3.06. The Balaban J connectivity index is 2.76. The highest BCUT2D eigenvalue weighted by Crippen LogP contribution is 2.18. The van der Waals surface area contributed by atoms with Crippen LogP contribution in [0.4, 0.5) is 5.69 Å². The number of ether oxygens (including phenoxy) is 1. The van der Waals surface area contributed by atoms with Crippen LogP contribution in [0.5, 0.6) is 5.75 Å². The van der Waals surface area contributed by atoms with Crippen molar-refractivity contribution in [3.05, 3.63) is 46.2 Å². The number of hydrogen-bond acceptors (Lipinski definition) is 4. The predicted molar refractivity (Wildman–Crippen MR) is 58.2 cm³/mol. The molecule has 0 amide bonds. The summed E-state index contributed by atoms with van der Waals surface area (Å²) in [6, 6.07) is 5.65. The molecule has 0 aliphatic heterocycles. The number of nitro benzene ring substituents is 1. The molecule has 0 aliphatic rings. The molecule has 0 spiro atoms. The first-order valence-electron chi connectivity index (χ1n) is 4.60. The molecule has 0 aliphatic carbocycles. The van der Waals surface area contributed by atoms with Gasteiger partial charge in [0.2, 0.25) is 0 Å². The third-order valence-electron chi connectivity index (χ3n) is 1.73. The average molecular weight is 221 g/mol. The van der Waals surface area contributed by atoms with E-state index >= 15 is 0 Å². The third kappa shape index (κ3) is 3.53. The van der Waals surface area contributed by atoms with Gasteiger partial charge in [-0.15, -0.1) is 0 Å². The maximum absolute atomic E-state index is 10.7. The van der Waals surface area contributed by atoms with Gasteiger partial charge in [-0.2, -0.15) is 0 Å². The maximum Gasteiger partial charge on any atom is 0.269 e. The molecule has 84 valence electrons. The summed E-state index contributed by atoms with van der Waals surface area (Å²) in [4.78, 5) is 20.6. The number of ketones is 1. The Labute approximate surface area is 92.5 Å². The van der Waals surface area contributed by atoms with Crippen molar-refractivity contribution in [3.8, 4) is 5.75 Å². The summed E-state index contributed by atoms with van der Waals surface area (Å²) in [5.41, 5.74) is 0.000510. The lowest BCUT2D eigenvalue weighted by Gasteiger charge is -2.04. The van der Waals surface area contributed by atoms with E-state index in [1.165, 1.54) is 37.3 Å². The van der Waals surface area contributed by atoms with Crippen LogP contribution in [-0.2, 0) is 4.79 Å². The minimum atomic E-state index is -0.484. The SMILES string of the molecule is CC(=O)/C=C(\C)Oc1ccc([N+](=O)[O-])cc1. The zero-order valence-corrected chi connectivity index (χ0v) is 8.97. The predicted octanol–water partition coefficient (Wildman–Crippen LogP) is 2.47. The van der Waals surface area contributed by atoms with E-state index in [0.29, 0.717) is 11.5 Å². The number of hydrogen-bond donors (Lipinski definition) is 0. The van der Waals surface area contributed by atoms with E-state index in [1.807, 2.05) is 0 Å². The summed E-state index contributed by atoms with van der Waals surface area (Å²) in [5.74, 6) is 0.793. The van der Waals surface area contributed by atoms with Crippen LogP contribution in [0.3, 0.4) is 0 Å². The number of benzene rings is 1. The molecule has 0 saturated heterocycles. The maximum atomic E-state index is 10.7. The molecule has 1 rings (SSSR count). The normalized spacial score (nSPS) is 11.0. The zero-order chi connectivity index (χ0) is 12.1. The van der Waals surface area contributed by atoms with Crippen molar-refractivity contribution in [2.75, 3.05) is 0 Å². The van der Waals surface area contributed by atoms with E-state index in [0.717, 1.165) is 0 Å². The molecule has 16 heavy (non-hydrogen) atoms. The van der Waals surface area contributed by atoms with Crippen molar-refractivity contribution < 1.29 is 14.5 Å². The van der Waals surface area contributed by atoms with Gasteiger partial charge in [-0.3, -0.25) is 14.9 Å². The molecule has 0 radical (unpaired) electrons. The van der Waals surface area contributed by atoms with Crippen LogP contribution < -0.4 is 4.74 Å². The lowest BCUT2D eigenvalue weighted by atomic mass is 10.3. The Morgan fingerprint density at radius 3 is 2.31 bits per heavy atom. The van der Waals surface area contributed by atoms with Crippen LogP contribution in [0.1, 0.15) is 13.8 Å². The van der Waals surface area contributed by atoms with Crippen LogP contribution >= 0.6 is 0 Å². The second-order valence-corrected chi connectivity index (χ2v) is 3.22. The van der Waals surface area contributed by atoms with Gasteiger partial charge in [-0.25, -0.2) is 0 Å². The number of nitrogens with zero attached hydrogens (tertiary/aromatic N) is 1.